The number of hydrogen-bond acceptors (Lipinski definition) is 3. The van der Waals surface area contributed by atoms with Crippen molar-refractivity contribution in [2.45, 2.75) is 12.8 Å². The van der Waals surface area contributed by atoms with Crippen molar-refractivity contribution in [2.75, 3.05) is 13.1 Å². The lowest BCUT2D eigenvalue weighted by atomic mass is 10.0. The first-order valence-electron chi connectivity index (χ1n) is 5.56. The molecule has 1 N–H and O–H groups in total. The summed E-state index contributed by atoms with van der Waals surface area (Å²) in [4.78, 5) is 23.4. The van der Waals surface area contributed by atoms with Crippen LogP contribution < -0.4 is 16.6 Å². The molecule has 1 saturated heterocycles. The molecule has 0 bridgehead atoms. The van der Waals surface area contributed by atoms with Crippen LogP contribution in [-0.4, -0.2) is 22.2 Å². The van der Waals surface area contributed by atoms with Crippen molar-refractivity contribution in [3.05, 3.63) is 32.6 Å². The molecule has 1 fully saturated rings. The average Bonchev–Trinajstić information content (AvgIpc) is 2.76. The molecule has 1 aromatic heterocycles. The van der Waals surface area contributed by atoms with E-state index in [2.05, 4.69) is 5.32 Å². The molecule has 16 heavy (non-hydrogen) atoms. The fraction of sp³-hybridized carbons (Fsp3) is 0.636. The Hall–Kier alpha value is -1.36. The molecule has 0 radical (unpaired) electrons. The zero-order valence-corrected chi connectivity index (χ0v) is 9.69. The minimum absolute atomic E-state index is 0.157. The van der Waals surface area contributed by atoms with E-state index in [1.54, 1.807) is 13.2 Å². The quantitative estimate of drug-likeness (QED) is 0.717. The topological polar surface area (TPSA) is 56.0 Å². The van der Waals surface area contributed by atoms with E-state index < -0.39 is 0 Å². The fourth-order valence-corrected chi connectivity index (χ4v) is 2.22. The summed E-state index contributed by atoms with van der Waals surface area (Å²) in [6, 6.07) is 0. The van der Waals surface area contributed by atoms with Crippen LogP contribution in [0.2, 0.25) is 0 Å². The van der Waals surface area contributed by atoms with Crippen molar-refractivity contribution in [3.63, 3.8) is 0 Å². The van der Waals surface area contributed by atoms with Gasteiger partial charge in [0.25, 0.3) is 5.56 Å². The molecular weight excluding hydrogens is 206 g/mol. The van der Waals surface area contributed by atoms with Gasteiger partial charge in [0.05, 0.1) is 0 Å². The molecule has 0 spiro atoms. The Morgan fingerprint density at radius 1 is 1.44 bits per heavy atom. The van der Waals surface area contributed by atoms with Gasteiger partial charge in [0.1, 0.15) is 0 Å². The van der Waals surface area contributed by atoms with Gasteiger partial charge in [-0.15, -0.1) is 0 Å². The zero-order valence-electron chi connectivity index (χ0n) is 9.69. The van der Waals surface area contributed by atoms with Gasteiger partial charge in [-0.25, -0.2) is 4.79 Å². The second-order valence-corrected chi connectivity index (χ2v) is 4.47. The normalized spacial score (nSPS) is 20.2. The van der Waals surface area contributed by atoms with Gasteiger partial charge in [-0.3, -0.25) is 9.36 Å². The zero-order chi connectivity index (χ0) is 11.7. The van der Waals surface area contributed by atoms with E-state index in [9.17, 15) is 9.59 Å². The SMILES string of the molecule is Cn1cc(CC2CCNC2)c(=O)n(C)c1=O. The Labute approximate surface area is 93.7 Å². The van der Waals surface area contributed by atoms with Crippen LogP contribution in [0.3, 0.4) is 0 Å². The van der Waals surface area contributed by atoms with Crippen LogP contribution in [0, 0.1) is 5.92 Å². The van der Waals surface area contributed by atoms with Gasteiger partial charge in [-0.1, -0.05) is 0 Å². The molecule has 2 heterocycles. The first kappa shape index (κ1) is 11.1. The van der Waals surface area contributed by atoms with Crippen molar-refractivity contribution < 1.29 is 0 Å². The third-order valence-corrected chi connectivity index (χ3v) is 3.19. The summed E-state index contributed by atoms with van der Waals surface area (Å²) in [5, 5.41) is 3.28. The molecule has 1 aliphatic heterocycles. The predicted molar refractivity (Wildman–Crippen MR) is 61.6 cm³/mol. The second kappa shape index (κ2) is 4.25. The van der Waals surface area contributed by atoms with Crippen LogP contribution >= 0.6 is 0 Å². The summed E-state index contributed by atoms with van der Waals surface area (Å²) >= 11 is 0. The molecule has 5 nitrogen and oxygen atoms in total. The minimum Gasteiger partial charge on any atom is -0.316 e. The lowest BCUT2D eigenvalue weighted by Gasteiger charge is -2.10. The maximum absolute atomic E-state index is 11.9. The molecule has 1 aliphatic rings. The van der Waals surface area contributed by atoms with Crippen LogP contribution in [0.4, 0.5) is 0 Å². The molecule has 5 heteroatoms. The molecule has 1 unspecified atom stereocenters. The highest BCUT2D eigenvalue weighted by molar-refractivity contribution is 5.07. The smallest absolute Gasteiger partial charge is 0.316 e. The third kappa shape index (κ3) is 1.95. The summed E-state index contributed by atoms with van der Waals surface area (Å²) in [5.74, 6) is 0.519. The van der Waals surface area contributed by atoms with Gasteiger partial charge in [0.15, 0.2) is 0 Å². The Balaban J connectivity index is 2.34. The fourth-order valence-electron chi connectivity index (χ4n) is 2.22. The maximum atomic E-state index is 11.9. The predicted octanol–water partition coefficient (Wildman–Crippen LogP) is -0.764. The first-order valence-corrected chi connectivity index (χ1v) is 5.56. The third-order valence-electron chi connectivity index (χ3n) is 3.19. The highest BCUT2D eigenvalue weighted by Crippen LogP contribution is 2.11. The van der Waals surface area contributed by atoms with Crippen LogP contribution in [0.15, 0.2) is 15.8 Å². The van der Waals surface area contributed by atoms with Gasteiger partial charge >= 0.3 is 5.69 Å². The lowest BCUT2D eigenvalue weighted by Crippen LogP contribution is -2.38. The number of aromatic nitrogens is 2. The number of hydrogen-bond donors (Lipinski definition) is 1. The van der Waals surface area contributed by atoms with Gasteiger partial charge in [0.2, 0.25) is 0 Å². The number of rotatable bonds is 2. The van der Waals surface area contributed by atoms with E-state index in [1.165, 1.54) is 16.2 Å². The number of nitrogens with one attached hydrogen (secondary N) is 1. The highest BCUT2D eigenvalue weighted by atomic mass is 16.2. The van der Waals surface area contributed by atoms with Gasteiger partial charge in [-0.05, 0) is 31.8 Å². The molecular formula is C11H17N3O2. The largest absolute Gasteiger partial charge is 0.330 e. The monoisotopic (exact) mass is 223 g/mol. The van der Waals surface area contributed by atoms with E-state index in [-0.39, 0.29) is 11.2 Å². The van der Waals surface area contributed by atoms with E-state index >= 15 is 0 Å². The lowest BCUT2D eigenvalue weighted by molar-refractivity contribution is 0.560. The van der Waals surface area contributed by atoms with Crippen molar-refractivity contribution in [1.82, 2.24) is 14.5 Å². The second-order valence-electron chi connectivity index (χ2n) is 4.47. The van der Waals surface area contributed by atoms with Crippen molar-refractivity contribution in [2.24, 2.45) is 20.0 Å². The molecule has 1 aromatic rings. The summed E-state index contributed by atoms with van der Waals surface area (Å²) < 4.78 is 2.65. The van der Waals surface area contributed by atoms with E-state index in [0.717, 1.165) is 31.5 Å². The van der Waals surface area contributed by atoms with Gasteiger partial charge in [-0.2, -0.15) is 0 Å². The number of nitrogens with zero attached hydrogens (tertiary/aromatic N) is 2. The van der Waals surface area contributed by atoms with Crippen LogP contribution in [0.5, 0.6) is 0 Å². The highest BCUT2D eigenvalue weighted by Gasteiger charge is 2.17. The molecule has 0 aliphatic carbocycles. The van der Waals surface area contributed by atoms with Crippen LogP contribution in [0.1, 0.15) is 12.0 Å². The van der Waals surface area contributed by atoms with Crippen molar-refractivity contribution in [3.8, 4) is 0 Å². The summed E-state index contributed by atoms with van der Waals surface area (Å²) in [5.41, 5.74) is 0.312. The summed E-state index contributed by atoms with van der Waals surface area (Å²) in [6.07, 6.45) is 3.53. The molecule has 0 amide bonds. The molecule has 2 rings (SSSR count). The van der Waals surface area contributed by atoms with Gasteiger partial charge < -0.3 is 9.88 Å². The first-order chi connectivity index (χ1) is 7.59. The van der Waals surface area contributed by atoms with E-state index in [0.29, 0.717) is 5.92 Å². The number of aryl methyl sites for hydroxylation is 1. The van der Waals surface area contributed by atoms with Crippen LogP contribution in [0.25, 0.3) is 0 Å². The maximum Gasteiger partial charge on any atom is 0.330 e. The Morgan fingerprint density at radius 2 is 2.19 bits per heavy atom. The summed E-state index contributed by atoms with van der Waals surface area (Å²) in [6.45, 7) is 1.99. The molecule has 88 valence electrons. The van der Waals surface area contributed by atoms with E-state index in [1.807, 2.05) is 0 Å². The standard InChI is InChI=1S/C11H17N3O2/c1-13-7-9(5-8-3-4-12-6-8)10(15)14(2)11(13)16/h7-8,12H,3-6H2,1-2H3. The Bertz CT molecular complexity index is 495. The summed E-state index contributed by atoms with van der Waals surface area (Å²) in [7, 11) is 3.21. The molecule has 0 saturated carbocycles. The van der Waals surface area contributed by atoms with E-state index in [4.69, 9.17) is 0 Å². The Kier molecular flexibility index (Phi) is 2.96. The van der Waals surface area contributed by atoms with Crippen molar-refractivity contribution in [1.29, 1.82) is 0 Å². The average molecular weight is 223 g/mol. The van der Waals surface area contributed by atoms with Crippen LogP contribution in [-0.2, 0) is 20.5 Å². The molecule has 0 aromatic carbocycles. The molecule has 1 atom stereocenters. The minimum atomic E-state index is -0.265. The Morgan fingerprint density at radius 3 is 2.81 bits per heavy atom. The van der Waals surface area contributed by atoms with Crippen molar-refractivity contribution >= 4 is 0 Å². The van der Waals surface area contributed by atoms with Gasteiger partial charge in [0, 0.05) is 25.9 Å².